The van der Waals surface area contributed by atoms with Crippen molar-refractivity contribution in [2.45, 2.75) is 37.2 Å². The van der Waals surface area contributed by atoms with Crippen LogP contribution in [0.2, 0.25) is 0 Å². The quantitative estimate of drug-likeness (QED) is 0.314. The van der Waals surface area contributed by atoms with Gasteiger partial charge in [-0.2, -0.15) is 26.3 Å². The molecule has 200 valence electrons. The van der Waals surface area contributed by atoms with Crippen molar-refractivity contribution in [2.24, 2.45) is 0 Å². The molecule has 1 atom stereocenters. The standard InChI is InChI=1S/C26H18F8N2OS/c27-19-12-17(11-18(13-19)25(29,30)31)24(23-35-8-9-38-23,14-15-4-2-1-3-5-15)36-22(37)16-6-7-20(21(28)10-16)26(32,33)34/h2,4-13H,1,3,14H2,(H,36,37). The first kappa shape index (κ1) is 27.5. The Balaban J connectivity index is 1.89. The normalized spacial score (nSPS) is 15.6. The van der Waals surface area contributed by atoms with Crippen LogP contribution < -0.4 is 5.32 Å². The molecule has 0 aliphatic heterocycles. The molecule has 1 amide bonds. The van der Waals surface area contributed by atoms with Crippen molar-refractivity contribution in [1.82, 2.24) is 10.3 Å². The van der Waals surface area contributed by atoms with Crippen LogP contribution >= 0.6 is 11.3 Å². The predicted octanol–water partition coefficient (Wildman–Crippen LogP) is 7.80. The maximum absolute atomic E-state index is 14.6. The number of benzene rings is 2. The first-order valence-electron chi connectivity index (χ1n) is 11.1. The number of allylic oxidation sites excluding steroid dienone is 3. The summed E-state index contributed by atoms with van der Waals surface area (Å²) >= 11 is 0.975. The maximum Gasteiger partial charge on any atom is 0.419 e. The molecule has 2 aromatic carbocycles. The summed E-state index contributed by atoms with van der Waals surface area (Å²) in [5.41, 5.74) is -4.98. The van der Waals surface area contributed by atoms with Gasteiger partial charge in [0.15, 0.2) is 0 Å². The molecule has 12 heteroatoms. The molecule has 0 saturated carbocycles. The van der Waals surface area contributed by atoms with E-state index >= 15 is 0 Å². The molecule has 38 heavy (non-hydrogen) atoms. The number of hydrogen-bond acceptors (Lipinski definition) is 3. The van der Waals surface area contributed by atoms with E-state index in [1.54, 1.807) is 12.2 Å². The molecular weight excluding hydrogens is 540 g/mol. The van der Waals surface area contributed by atoms with E-state index in [0.29, 0.717) is 42.7 Å². The lowest BCUT2D eigenvalue weighted by atomic mass is 9.81. The van der Waals surface area contributed by atoms with Gasteiger partial charge in [-0.15, -0.1) is 11.3 Å². The molecule has 1 N–H and O–H groups in total. The van der Waals surface area contributed by atoms with E-state index in [1.807, 2.05) is 6.08 Å². The van der Waals surface area contributed by atoms with Gasteiger partial charge in [0.05, 0.1) is 11.1 Å². The minimum Gasteiger partial charge on any atom is -0.336 e. The second kappa shape index (κ2) is 10.3. The average Bonchev–Trinajstić information content (AvgIpc) is 3.38. The number of rotatable bonds is 6. The van der Waals surface area contributed by atoms with Crippen LogP contribution in [-0.2, 0) is 17.9 Å². The van der Waals surface area contributed by atoms with Gasteiger partial charge in [0.1, 0.15) is 22.2 Å². The third-order valence-corrected chi connectivity index (χ3v) is 6.85. The molecule has 1 aromatic heterocycles. The maximum atomic E-state index is 14.6. The average molecular weight is 558 g/mol. The molecule has 0 radical (unpaired) electrons. The zero-order chi connectivity index (χ0) is 27.7. The van der Waals surface area contributed by atoms with Crippen LogP contribution in [0, 0.1) is 11.6 Å². The molecule has 3 nitrogen and oxygen atoms in total. The topological polar surface area (TPSA) is 42.0 Å². The number of hydrogen-bond donors (Lipinski definition) is 1. The van der Waals surface area contributed by atoms with E-state index in [1.165, 1.54) is 11.6 Å². The molecule has 3 aromatic rings. The van der Waals surface area contributed by atoms with Crippen molar-refractivity contribution < 1.29 is 39.9 Å². The highest BCUT2D eigenvalue weighted by atomic mass is 32.1. The molecule has 0 fully saturated rings. The monoisotopic (exact) mass is 558 g/mol. The Kier molecular flexibility index (Phi) is 7.46. The summed E-state index contributed by atoms with van der Waals surface area (Å²) in [4.78, 5) is 17.5. The summed E-state index contributed by atoms with van der Waals surface area (Å²) in [6.07, 6.45) is -2.09. The van der Waals surface area contributed by atoms with Gasteiger partial charge in [-0.05, 0) is 60.4 Å². The van der Waals surface area contributed by atoms with E-state index in [-0.39, 0.29) is 17.0 Å². The summed E-state index contributed by atoms with van der Waals surface area (Å²) < 4.78 is 109. The lowest BCUT2D eigenvalue weighted by Gasteiger charge is -2.35. The first-order chi connectivity index (χ1) is 17.8. The molecule has 4 rings (SSSR count). The van der Waals surface area contributed by atoms with Gasteiger partial charge in [0.2, 0.25) is 0 Å². The third kappa shape index (κ3) is 5.79. The molecule has 0 saturated heterocycles. The van der Waals surface area contributed by atoms with Gasteiger partial charge in [0, 0.05) is 23.6 Å². The van der Waals surface area contributed by atoms with Crippen molar-refractivity contribution in [1.29, 1.82) is 0 Å². The molecule has 0 bridgehead atoms. The molecule has 1 heterocycles. The van der Waals surface area contributed by atoms with Crippen molar-refractivity contribution in [3.8, 4) is 0 Å². The van der Waals surface area contributed by atoms with Crippen LogP contribution in [0.15, 0.2) is 71.8 Å². The summed E-state index contributed by atoms with van der Waals surface area (Å²) in [7, 11) is 0. The highest BCUT2D eigenvalue weighted by Gasteiger charge is 2.42. The number of amides is 1. The van der Waals surface area contributed by atoms with Gasteiger partial charge in [0.25, 0.3) is 5.91 Å². The van der Waals surface area contributed by atoms with Gasteiger partial charge in [-0.25, -0.2) is 13.8 Å². The summed E-state index contributed by atoms with van der Waals surface area (Å²) in [6, 6.07) is 3.36. The summed E-state index contributed by atoms with van der Waals surface area (Å²) in [5.74, 6) is -4.02. The highest BCUT2D eigenvalue weighted by Crippen LogP contribution is 2.41. The summed E-state index contributed by atoms with van der Waals surface area (Å²) in [5, 5.41) is 4.15. The molecule has 1 unspecified atom stereocenters. The zero-order valence-electron chi connectivity index (χ0n) is 19.3. The van der Waals surface area contributed by atoms with E-state index < -0.39 is 52.1 Å². The number of nitrogens with zero attached hydrogens (tertiary/aromatic N) is 1. The van der Waals surface area contributed by atoms with Crippen molar-refractivity contribution >= 4 is 17.2 Å². The van der Waals surface area contributed by atoms with E-state index in [2.05, 4.69) is 10.3 Å². The van der Waals surface area contributed by atoms with E-state index in [4.69, 9.17) is 0 Å². The van der Waals surface area contributed by atoms with Gasteiger partial charge in [-0.1, -0.05) is 18.2 Å². The Morgan fingerprint density at radius 3 is 2.26 bits per heavy atom. The summed E-state index contributed by atoms with van der Waals surface area (Å²) in [6.45, 7) is 0. The minimum atomic E-state index is -5.00. The lowest BCUT2D eigenvalue weighted by Crippen LogP contribution is -2.47. The van der Waals surface area contributed by atoms with Crippen LogP contribution in [0.3, 0.4) is 0 Å². The van der Waals surface area contributed by atoms with E-state index in [0.717, 1.165) is 23.5 Å². The highest BCUT2D eigenvalue weighted by molar-refractivity contribution is 7.09. The van der Waals surface area contributed by atoms with Gasteiger partial charge in [-0.3, -0.25) is 4.79 Å². The number of carbonyl (C=O) groups is 1. The second-order valence-electron chi connectivity index (χ2n) is 8.55. The Morgan fingerprint density at radius 1 is 0.947 bits per heavy atom. The minimum absolute atomic E-state index is 0.0943. The van der Waals surface area contributed by atoms with Crippen LogP contribution in [0.4, 0.5) is 35.1 Å². The van der Waals surface area contributed by atoms with Crippen molar-refractivity contribution in [3.05, 3.63) is 111 Å². The van der Waals surface area contributed by atoms with Crippen molar-refractivity contribution in [2.75, 3.05) is 0 Å². The number of nitrogens with one attached hydrogen (secondary N) is 1. The fourth-order valence-corrected chi connectivity index (χ4v) is 4.98. The Hall–Kier alpha value is -3.54. The number of carbonyl (C=O) groups excluding carboxylic acids is 1. The Morgan fingerprint density at radius 2 is 1.68 bits per heavy atom. The number of thiazole rings is 1. The fourth-order valence-electron chi connectivity index (χ4n) is 4.16. The molecule has 0 spiro atoms. The molecule has 1 aliphatic rings. The van der Waals surface area contributed by atoms with Crippen LogP contribution in [-0.4, -0.2) is 10.9 Å². The van der Waals surface area contributed by atoms with Crippen LogP contribution in [0.25, 0.3) is 0 Å². The smallest absolute Gasteiger partial charge is 0.336 e. The number of aromatic nitrogens is 1. The number of alkyl halides is 6. The van der Waals surface area contributed by atoms with Crippen LogP contribution in [0.5, 0.6) is 0 Å². The van der Waals surface area contributed by atoms with Crippen molar-refractivity contribution in [3.63, 3.8) is 0 Å². The second-order valence-corrected chi connectivity index (χ2v) is 9.45. The Bertz CT molecular complexity index is 1390. The van der Waals surface area contributed by atoms with Crippen LogP contribution in [0.1, 0.15) is 51.3 Å². The zero-order valence-corrected chi connectivity index (χ0v) is 20.1. The largest absolute Gasteiger partial charge is 0.419 e. The number of halogens is 8. The third-order valence-electron chi connectivity index (χ3n) is 5.92. The van der Waals surface area contributed by atoms with E-state index in [9.17, 15) is 39.9 Å². The van der Waals surface area contributed by atoms with Gasteiger partial charge < -0.3 is 5.32 Å². The SMILES string of the molecule is O=C(NC(CC1=CCCC=C1)(c1cc(F)cc(C(F)(F)F)c1)c1nccs1)c1ccc(C(F)(F)F)c(F)c1. The predicted molar refractivity (Wildman–Crippen MR) is 124 cm³/mol. The fraction of sp³-hybridized carbons (Fsp3) is 0.231. The first-order valence-corrected chi connectivity index (χ1v) is 12.0. The van der Waals surface area contributed by atoms with Gasteiger partial charge >= 0.3 is 12.4 Å². The Labute approximate surface area is 215 Å². The molecular formula is C26H18F8N2OS. The lowest BCUT2D eigenvalue weighted by molar-refractivity contribution is -0.140. The molecule has 1 aliphatic carbocycles.